The topological polar surface area (TPSA) is 58.6 Å². The van der Waals surface area contributed by atoms with Crippen molar-refractivity contribution in [1.29, 1.82) is 0 Å². The van der Waals surface area contributed by atoms with Crippen molar-refractivity contribution in [1.82, 2.24) is 5.32 Å². The van der Waals surface area contributed by atoms with Gasteiger partial charge < -0.3 is 15.2 Å². The highest BCUT2D eigenvalue weighted by molar-refractivity contribution is 5.76. The van der Waals surface area contributed by atoms with E-state index in [1.54, 1.807) is 0 Å². The second-order valence-electron chi connectivity index (χ2n) is 5.07. The Bertz CT molecular complexity index is 489. The first kappa shape index (κ1) is 18.4. The van der Waals surface area contributed by atoms with Crippen molar-refractivity contribution < 1.29 is 27.8 Å². The zero-order valence-corrected chi connectivity index (χ0v) is 12.5. The van der Waals surface area contributed by atoms with Gasteiger partial charge in [-0.1, -0.05) is 18.2 Å². The van der Waals surface area contributed by atoms with E-state index in [1.807, 2.05) is 13.8 Å². The van der Waals surface area contributed by atoms with Gasteiger partial charge in [-0.15, -0.1) is 0 Å². The highest BCUT2D eigenvalue weighted by Crippen LogP contribution is 2.34. The standard InChI is InChI=1S/C15H20F3NO3/c1-10(2)22-8-7-14(21)19-9-13(20)11-5-3-4-6-12(11)15(16,17)18/h3-6,10,13,20H,7-9H2,1-2H3,(H,19,21). The minimum Gasteiger partial charge on any atom is -0.387 e. The molecule has 7 heteroatoms. The van der Waals surface area contributed by atoms with E-state index in [9.17, 15) is 23.1 Å². The number of carbonyl (C=O) groups is 1. The van der Waals surface area contributed by atoms with E-state index < -0.39 is 17.8 Å². The summed E-state index contributed by atoms with van der Waals surface area (Å²) in [6.07, 6.45) is -5.89. The van der Waals surface area contributed by atoms with Gasteiger partial charge in [0.25, 0.3) is 0 Å². The van der Waals surface area contributed by atoms with Crippen LogP contribution in [0.4, 0.5) is 13.2 Å². The molecule has 2 N–H and O–H groups in total. The highest BCUT2D eigenvalue weighted by Gasteiger charge is 2.34. The molecule has 0 saturated carbocycles. The van der Waals surface area contributed by atoms with Crippen LogP contribution in [0.15, 0.2) is 24.3 Å². The van der Waals surface area contributed by atoms with Crippen molar-refractivity contribution in [2.45, 2.75) is 38.7 Å². The molecule has 1 rings (SSSR count). The zero-order chi connectivity index (χ0) is 16.8. The number of amides is 1. The molecule has 1 atom stereocenters. The summed E-state index contributed by atoms with van der Waals surface area (Å²) >= 11 is 0. The number of halogens is 3. The SMILES string of the molecule is CC(C)OCCC(=O)NCC(O)c1ccccc1C(F)(F)F. The lowest BCUT2D eigenvalue weighted by atomic mass is 10.0. The molecule has 0 aliphatic heterocycles. The number of ether oxygens (including phenoxy) is 1. The van der Waals surface area contributed by atoms with Gasteiger partial charge >= 0.3 is 6.18 Å². The Morgan fingerprint density at radius 3 is 2.55 bits per heavy atom. The highest BCUT2D eigenvalue weighted by atomic mass is 19.4. The number of aliphatic hydroxyl groups excluding tert-OH is 1. The fourth-order valence-corrected chi connectivity index (χ4v) is 1.84. The van der Waals surface area contributed by atoms with E-state index in [0.29, 0.717) is 0 Å². The average molecular weight is 319 g/mol. The fourth-order valence-electron chi connectivity index (χ4n) is 1.84. The van der Waals surface area contributed by atoms with Crippen LogP contribution in [0.1, 0.15) is 37.5 Å². The zero-order valence-electron chi connectivity index (χ0n) is 12.5. The second kappa shape index (κ2) is 8.14. The molecule has 1 aromatic rings. The molecule has 0 spiro atoms. The molecule has 1 amide bonds. The molecule has 1 unspecified atom stereocenters. The third kappa shape index (κ3) is 6.03. The van der Waals surface area contributed by atoms with Gasteiger partial charge in [-0.25, -0.2) is 0 Å². The van der Waals surface area contributed by atoms with Crippen molar-refractivity contribution in [2.75, 3.05) is 13.2 Å². The van der Waals surface area contributed by atoms with Crippen LogP contribution in [0.3, 0.4) is 0 Å². The van der Waals surface area contributed by atoms with E-state index in [2.05, 4.69) is 5.32 Å². The Balaban J connectivity index is 2.56. The van der Waals surface area contributed by atoms with Gasteiger partial charge in [0.05, 0.1) is 24.4 Å². The first-order valence-electron chi connectivity index (χ1n) is 6.94. The Morgan fingerprint density at radius 1 is 1.32 bits per heavy atom. The van der Waals surface area contributed by atoms with Crippen LogP contribution in [0.25, 0.3) is 0 Å². The number of hydrogen-bond donors (Lipinski definition) is 2. The lowest BCUT2D eigenvalue weighted by Crippen LogP contribution is -2.30. The van der Waals surface area contributed by atoms with E-state index in [1.165, 1.54) is 18.2 Å². The van der Waals surface area contributed by atoms with Crippen LogP contribution in [0, 0.1) is 0 Å². The van der Waals surface area contributed by atoms with Crippen molar-refractivity contribution >= 4 is 5.91 Å². The molecule has 0 aliphatic carbocycles. The molecule has 0 radical (unpaired) electrons. The minimum atomic E-state index is -4.55. The van der Waals surface area contributed by atoms with Crippen molar-refractivity contribution in [3.63, 3.8) is 0 Å². The van der Waals surface area contributed by atoms with E-state index >= 15 is 0 Å². The summed E-state index contributed by atoms with van der Waals surface area (Å²) in [5, 5.41) is 12.3. The van der Waals surface area contributed by atoms with Crippen LogP contribution in [0.2, 0.25) is 0 Å². The Hall–Kier alpha value is -1.60. The van der Waals surface area contributed by atoms with Crippen molar-refractivity contribution in [3.8, 4) is 0 Å². The summed E-state index contributed by atoms with van der Waals surface area (Å²) in [5.74, 6) is -0.385. The van der Waals surface area contributed by atoms with Gasteiger partial charge in [0, 0.05) is 13.0 Å². The number of hydrogen-bond acceptors (Lipinski definition) is 3. The van der Waals surface area contributed by atoms with E-state index in [4.69, 9.17) is 4.74 Å². The summed E-state index contributed by atoms with van der Waals surface area (Å²) in [6.45, 7) is 3.60. The number of nitrogens with one attached hydrogen (secondary N) is 1. The monoisotopic (exact) mass is 319 g/mol. The van der Waals surface area contributed by atoms with Gasteiger partial charge in [-0.3, -0.25) is 4.79 Å². The number of carbonyl (C=O) groups excluding carboxylic acids is 1. The number of aliphatic hydroxyl groups is 1. The Morgan fingerprint density at radius 2 is 1.95 bits per heavy atom. The maximum absolute atomic E-state index is 12.8. The van der Waals surface area contributed by atoms with Crippen LogP contribution in [-0.2, 0) is 15.7 Å². The number of benzene rings is 1. The minimum absolute atomic E-state index is 0.00273. The first-order chi connectivity index (χ1) is 10.2. The number of rotatable bonds is 7. The summed E-state index contributed by atoms with van der Waals surface area (Å²) in [7, 11) is 0. The molecule has 0 heterocycles. The van der Waals surface area contributed by atoms with Crippen LogP contribution < -0.4 is 5.32 Å². The molecular formula is C15H20F3NO3. The maximum atomic E-state index is 12.8. The third-order valence-electron chi connectivity index (χ3n) is 2.90. The smallest absolute Gasteiger partial charge is 0.387 e. The predicted molar refractivity (Wildman–Crippen MR) is 75.1 cm³/mol. The number of alkyl halides is 3. The molecule has 0 fully saturated rings. The predicted octanol–water partition coefficient (Wildman–Crippen LogP) is 2.67. The normalized spacial score (nSPS) is 13.2. The van der Waals surface area contributed by atoms with Crippen molar-refractivity contribution in [2.24, 2.45) is 0 Å². The molecule has 0 aliphatic rings. The molecule has 1 aromatic carbocycles. The Labute approximate surface area is 127 Å². The molecule has 124 valence electrons. The molecule has 0 saturated heterocycles. The van der Waals surface area contributed by atoms with Gasteiger partial charge in [0.1, 0.15) is 0 Å². The van der Waals surface area contributed by atoms with E-state index in [0.717, 1.165) is 6.07 Å². The molecular weight excluding hydrogens is 299 g/mol. The van der Waals surface area contributed by atoms with Gasteiger partial charge in [-0.2, -0.15) is 13.2 Å². The largest absolute Gasteiger partial charge is 0.416 e. The summed E-state index contributed by atoms with van der Waals surface area (Å²) in [6, 6.07) is 4.76. The second-order valence-corrected chi connectivity index (χ2v) is 5.07. The van der Waals surface area contributed by atoms with Gasteiger partial charge in [-0.05, 0) is 25.5 Å². The molecule has 0 bridgehead atoms. The first-order valence-corrected chi connectivity index (χ1v) is 6.94. The van der Waals surface area contributed by atoms with Gasteiger partial charge in [0.2, 0.25) is 5.91 Å². The van der Waals surface area contributed by atoms with Gasteiger partial charge in [0.15, 0.2) is 0 Å². The Kier molecular flexibility index (Phi) is 6.83. The summed E-state index contributed by atoms with van der Waals surface area (Å²) in [4.78, 5) is 11.5. The van der Waals surface area contributed by atoms with E-state index in [-0.39, 0.29) is 37.1 Å². The fraction of sp³-hybridized carbons (Fsp3) is 0.533. The summed E-state index contributed by atoms with van der Waals surface area (Å²) in [5.41, 5.74) is -1.16. The lowest BCUT2D eigenvalue weighted by Gasteiger charge is -2.18. The summed E-state index contributed by atoms with van der Waals surface area (Å²) < 4.78 is 43.7. The average Bonchev–Trinajstić information content (AvgIpc) is 2.43. The molecule has 4 nitrogen and oxygen atoms in total. The van der Waals surface area contributed by atoms with Crippen LogP contribution >= 0.6 is 0 Å². The molecule has 22 heavy (non-hydrogen) atoms. The maximum Gasteiger partial charge on any atom is 0.416 e. The quantitative estimate of drug-likeness (QED) is 0.812. The van der Waals surface area contributed by atoms with Crippen LogP contribution in [0.5, 0.6) is 0 Å². The molecule has 0 aromatic heterocycles. The lowest BCUT2D eigenvalue weighted by molar-refractivity contribution is -0.139. The third-order valence-corrected chi connectivity index (χ3v) is 2.90. The van der Waals surface area contributed by atoms with Crippen molar-refractivity contribution in [3.05, 3.63) is 35.4 Å². The van der Waals surface area contributed by atoms with Crippen LogP contribution in [-0.4, -0.2) is 30.3 Å².